The van der Waals surface area contributed by atoms with Crippen molar-refractivity contribution in [2.24, 2.45) is 5.73 Å². The van der Waals surface area contributed by atoms with Gasteiger partial charge in [0.2, 0.25) is 0 Å². The predicted molar refractivity (Wildman–Crippen MR) is 75.3 cm³/mol. The molecule has 0 radical (unpaired) electrons. The normalized spacial score (nSPS) is 12.2. The summed E-state index contributed by atoms with van der Waals surface area (Å²) in [4.78, 5) is 5.84. The summed E-state index contributed by atoms with van der Waals surface area (Å²) in [6.45, 7) is 2.48. The van der Waals surface area contributed by atoms with Gasteiger partial charge in [0.15, 0.2) is 0 Å². The summed E-state index contributed by atoms with van der Waals surface area (Å²) in [6.07, 6.45) is 3.47. The molecule has 0 unspecified atom stereocenters. The van der Waals surface area contributed by atoms with Gasteiger partial charge in [-0.2, -0.15) is 0 Å². The molecule has 1 aromatic carbocycles. The van der Waals surface area contributed by atoms with Gasteiger partial charge < -0.3 is 10.6 Å². The quantitative estimate of drug-likeness (QED) is 0.918. The van der Waals surface area contributed by atoms with Crippen molar-refractivity contribution < 1.29 is 4.39 Å². The first-order valence-electron chi connectivity index (χ1n) is 6.23. The van der Waals surface area contributed by atoms with Crippen molar-refractivity contribution in [3.8, 4) is 0 Å². The first-order chi connectivity index (χ1) is 9.08. The molecular weight excluding hydrogens is 241 g/mol. The van der Waals surface area contributed by atoms with Crippen LogP contribution in [0.3, 0.4) is 0 Å². The lowest BCUT2D eigenvalue weighted by atomic mass is 10.1. The van der Waals surface area contributed by atoms with Crippen molar-refractivity contribution in [1.82, 2.24) is 4.98 Å². The van der Waals surface area contributed by atoms with Gasteiger partial charge in [0.05, 0.1) is 5.69 Å². The number of nitrogens with zero attached hydrogens (tertiary/aromatic N) is 2. The van der Waals surface area contributed by atoms with Crippen molar-refractivity contribution in [3.05, 3.63) is 59.7 Å². The summed E-state index contributed by atoms with van der Waals surface area (Å²) in [5, 5.41) is 0. The van der Waals surface area contributed by atoms with E-state index in [-0.39, 0.29) is 11.9 Å². The Morgan fingerprint density at radius 1 is 1.26 bits per heavy atom. The fourth-order valence-corrected chi connectivity index (χ4v) is 1.96. The first-order valence-corrected chi connectivity index (χ1v) is 6.23. The Balaban J connectivity index is 2.17. The van der Waals surface area contributed by atoms with E-state index >= 15 is 0 Å². The zero-order valence-corrected chi connectivity index (χ0v) is 11.2. The molecule has 100 valence electrons. The van der Waals surface area contributed by atoms with Crippen molar-refractivity contribution in [2.45, 2.75) is 19.5 Å². The molecule has 0 aliphatic heterocycles. The van der Waals surface area contributed by atoms with Crippen LogP contribution < -0.4 is 10.6 Å². The van der Waals surface area contributed by atoms with Gasteiger partial charge in [-0.25, -0.2) is 4.39 Å². The molecule has 0 saturated carbocycles. The highest BCUT2D eigenvalue weighted by Gasteiger charge is 2.10. The molecule has 1 heterocycles. The lowest BCUT2D eigenvalue weighted by Crippen LogP contribution is -2.18. The van der Waals surface area contributed by atoms with Gasteiger partial charge in [-0.1, -0.05) is 6.07 Å². The smallest absolute Gasteiger partial charge is 0.146 e. The molecular formula is C15H18FN3. The largest absolute Gasteiger partial charge is 0.368 e. The zero-order chi connectivity index (χ0) is 13.8. The molecule has 0 spiro atoms. The third-order valence-electron chi connectivity index (χ3n) is 3.08. The molecule has 2 rings (SSSR count). The molecule has 2 aromatic rings. The third kappa shape index (κ3) is 3.29. The monoisotopic (exact) mass is 259 g/mol. The number of anilines is 1. The molecule has 1 aromatic heterocycles. The van der Waals surface area contributed by atoms with E-state index in [0.717, 1.165) is 11.1 Å². The van der Waals surface area contributed by atoms with Gasteiger partial charge in [0.25, 0.3) is 0 Å². The van der Waals surface area contributed by atoms with E-state index in [2.05, 4.69) is 4.98 Å². The number of nitrogens with two attached hydrogens (primary N) is 1. The molecule has 4 heteroatoms. The van der Waals surface area contributed by atoms with Crippen LogP contribution in [-0.4, -0.2) is 12.0 Å². The van der Waals surface area contributed by atoms with Crippen molar-refractivity contribution in [2.75, 3.05) is 11.9 Å². The van der Waals surface area contributed by atoms with E-state index in [4.69, 9.17) is 5.73 Å². The van der Waals surface area contributed by atoms with Crippen LogP contribution in [0, 0.1) is 5.82 Å². The van der Waals surface area contributed by atoms with E-state index in [1.807, 2.05) is 37.1 Å². The fourth-order valence-electron chi connectivity index (χ4n) is 1.96. The maximum atomic E-state index is 14.1. The molecule has 19 heavy (non-hydrogen) atoms. The Labute approximate surface area is 112 Å². The van der Waals surface area contributed by atoms with Gasteiger partial charge in [-0.3, -0.25) is 4.98 Å². The predicted octanol–water partition coefficient (Wildman–Crippen LogP) is 2.88. The van der Waals surface area contributed by atoms with Crippen molar-refractivity contribution >= 4 is 5.69 Å². The van der Waals surface area contributed by atoms with Crippen LogP contribution in [0.15, 0.2) is 42.7 Å². The fraction of sp³-hybridized carbons (Fsp3) is 0.267. The summed E-state index contributed by atoms with van der Waals surface area (Å²) >= 11 is 0. The summed E-state index contributed by atoms with van der Waals surface area (Å²) in [7, 11) is 1.87. The SMILES string of the molecule is C[C@@H](N)c1ccc(N(C)Cc2ccncc2)c(F)c1. The highest BCUT2D eigenvalue weighted by Crippen LogP contribution is 2.23. The third-order valence-corrected chi connectivity index (χ3v) is 3.08. The lowest BCUT2D eigenvalue weighted by molar-refractivity contribution is 0.617. The molecule has 0 amide bonds. The van der Waals surface area contributed by atoms with Crippen LogP contribution in [0.1, 0.15) is 24.1 Å². The number of halogens is 1. The highest BCUT2D eigenvalue weighted by atomic mass is 19.1. The minimum atomic E-state index is -0.244. The Kier molecular flexibility index (Phi) is 4.12. The van der Waals surface area contributed by atoms with Crippen molar-refractivity contribution in [1.29, 1.82) is 0 Å². The van der Waals surface area contributed by atoms with Crippen molar-refractivity contribution in [3.63, 3.8) is 0 Å². The topological polar surface area (TPSA) is 42.1 Å². The van der Waals surface area contributed by atoms with Crippen LogP contribution in [0.25, 0.3) is 0 Å². The second-order valence-corrected chi connectivity index (χ2v) is 4.71. The van der Waals surface area contributed by atoms with Gasteiger partial charge >= 0.3 is 0 Å². The summed E-state index contributed by atoms with van der Waals surface area (Å²) in [5.74, 6) is -0.244. The first kappa shape index (κ1) is 13.5. The van der Waals surface area contributed by atoms with Gasteiger partial charge in [-0.15, -0.1) is 0 Å². The van der Waals surface area contributed by atoms with Gasteiger partial charge in [0, 0.05) is 32.0 Å². The average Bonchev–Trinajstić information content (AvgIpc) is 2.39. The summed E-state index contributed by atoms with van der Waals surface area (Å²) in [5.41, 5.74) is 8.21. The summed E-state index contributed by atoms with van der Waals surface area (Å²) < 4.78 is 14.1. The molecule has 0 fully saturated rings. The maximum absolute atomic E-state index is 14.1. The minimum Gasteiger partial charge on any atom is -0.368 e. The summed E-state index contributed by atoms with van der Waals surface area (Å²) in [6, 6.07) is 8.83. The number of hydrogen-bond acceptors (Lipinski definition) is 3. The van der Waals surface area contributed by atoms with E-state index < -0.39 is 0 Å². The van der Waals surface area contributed by atoms with Crippen LogP contribution in [-0.2, 0) is 6.54 Å². The number of aromatic nitrogens is 1. The van der Waals surface area contributed by atoms with Gasteiger partial charge in [-0.05, 0) is 42.3 Å². The van der Waals surface area contributed by atoms with Gasteiger partial charge in [0.1, 0.15) is 5.82 Å². The van der Waals surface area contributed by atoms with Crippen LogP contribution in [0.4, 0.5) is 10.1 Å². The second kappa shape index (κ2) is 5.80. The van der Waals surface area contributed by atoms with E-state index in [1.54, 1.807) is 18.5 Å². The van der Waals surface area contributed by atoms with E-state index in [1.165, 1.54) is 6.07 Å². The molecule has 3 nitrogen and oxygen atoms in total. The number of hydrogen-bond donors (Lipinski definition) is 1. The molecule has 2 N–H and O–H groups in total. The molecule has 0 bridgehead atoms. The highest BCUT2D eigenvalue weighted by molar-refractivity contribution is 5.49. The molecule has 0 saturated heterocycles. The maximum Gasteiger partial charge on any atom is 0.146 e. The van der Waals surface area contributed by atoms with E-state index in [9.17, 15) is 4.39 Å². The Hall–Kier alpha value is -1.94. The van der Waals surface area contributed by atoms with Crippen LogP contribution >= 0.6 is 0 Å². The minimum absolute atomic E-state index is 0.158. The Morgan fingerprint density at radius 2 is 1.95 bits per heavy atom. The zero-order valence-electron chi connectivity index (χ0n) is 11.2. The molecule has 0 aliphatic rings. The number of rotatable bonds is 4. The van der Waals surface area contributed by atoms with E-state index in [0.29, 0.717) is 12.2 Å². The Bertz CT molecular complexity index is 540. The molecule has 0 aliphatic carbocycles. The number of pyridine rings is 1. The van der Waals surface area contributed by atoms with Crippen LogP contribution in [0.2, 0.25) is 0 Å². The molecule has 1 atom stereocenters. The second-order valence-electron chi connectivity index (χ2n) is 4.71. The lowest BCUT2D eigenvalue weighted by Gasteiger charge is -2.21. The number of benzene rings is 1. The average molecular weight is 259 g/mol. The standard InChI is InChI=1S/C15H18FN3/c1-11(17)13-3-4-15(14(16)9-13)19(2)10-12-5-7-18-8-6-12/h3-9,11H,10,17H2,1-2H3/t11-/m1/s1. The Morgan fingerprint density at radius 3 is 2.53 bits per heavy atom. The van der Waals surface area contributed by atoms with Crippen LogP contribution in [0.5, 0.6) is 0 Å².